The lowest BCUT2D eigenvalue weighted by Crippen LogP contribution is -2.46. The van der Waals surface area contributed by atoms with E-state index in [1.807, 2.05) is 30.4 Å². The normalized spacial score (nSPS) is 25.7. The highest BCUT2D eigenvalue weighted by Crippen LogP contribution is 2.45. The second-order valence-corrected chi connectivity index (χ2v) is 14.5. The van der Waals surface area contributed by atoms with E-state index in [9.17, 15) is 5.11 Å². The monoisotopic (exact) mass is 400 g/mol. The molecule has 1 aromatic carbocycles. The number of hydrogen-bond acceptors (Lipinski definition) is 2. The number of benzene rings is 1. The lowest BCUT2D eigenvalue weighted by atomic mass is 9.83. The van der Waals surface area contributed by atoms with E-state index in [1.165, 1.54) is 25.7 Å². The van der Waals surface area contributed by atoms with Crippen molar-refractivity contribution in [3.05, 3.63) is 60.2 Å². The van der Waals surface area contributed by atoms with E-state index in [4.69, 9.17) is 4.43 Å². The van der Waals surface area contributed by atoms with Crippen LogP contribution in [0.15, 0.2) is 54.6 Å². The Morgan fingerprint density at radius 2 is 1.79 bits per heavy atom. The molecule has 0 saturated heterocycles. The first-order valence-corrected chi connectivity index (χ1v) is 13.8. The van der Waals surface area contributed by atoms with Crippen LogP contribution in [0.3, 0.4) is 0 Å². The van der Waals surface area contributed by atoms with Crippen LogP contribution >= 0.6 is 0 Å². The highest BCUT2D eigenvalue weighted by Gasteiger charge is 2.47. The van der Waals surface area contributed by atoms with Crippen molar-refractivity contribution in [1.82, 2.24) is 0 Å². The molecule has 2 nitrogen and oxygen atoms in total. The molecule has 1 aliphatic rings. The van der Waals surface area contributed by atoms with Gasteiger partial charge in [0, 0.05) is 5.92 Å². The molecule has 0 spiro atoms. The number of hydrogen-bond donors (Lipinski definition) is 1. The Labute approximate surface area is 173 Å². The molecule has 3 atom stereocenters. The lowest BCUT2D eigenvalue weighted by Gasteiger charge is -2.41. The summed E-state index contributed by atoms with van der Waals surface area (Å²) in [5.74, 6) is -0.102. The number of rotatable bonds is 9. The summed E-state index contributed by atoms with van der Waals surface area (Å²) >= 11 is 0. The molecule has 0 aromatic heterocycles. The summed E-state index contributed by atoms with van der Waals surface area (Å²) in [7, 11) is -1.95. The fraction of sp³-hybridized carbons (Fsp3) is 0.600. The summed E-state index contributed by atoms with van der Waals surface area (Å²) in [6.07, 6.45) is 14.1. The van der Waals surface area contributed by atoms with Crippen molar-refractivity contribution in [2.24, 2.45) is 0 Å². The molecule has 0 heterocycles. The van der Waals surface area contributed by atoms with E-state index in [0.717, 1.165) is 12.0 Å². The van der Waals surface area contributed by atoms with E-state index in [2.05, 4.69) is 65.1 Å². The van der Waals surface area contributed by atoms with Gasteiger partial charge in [0.05, 0.1) is 6.10 Å². The van der Waals surface area contributed by atoms with Crippen LogP contribution in [0, 0.1) is 0 Å². The predicted molar refractivity (Wildman–Crippen MR) is 123 cm³/mol. The Hall–Kier alpha value is -1.16. The van der Waals surface area contributed by atoms with Gasteiger partial charge in [-0.25, -0.2) is 0 Å². The van der Waals surface area contributed by atoms with E-state index < -0.39 is 13.9 Å². The summed E-state index contributed by atoms with van der Waals surface area (Å²) < 4.78 is 6.74. The third-order valence-corrected chi connectivity index (χ3v) is 10.9. The molecule has 1 aromatic rings. The maximum atomic E-state index is 11.5. The fourth-order valence-electron chi connectivity index (χ4n) is 3.59. The molecule has 3 heteroatoms. The van der Waals surface area contributed by atoms with Crippen LogP contribution in [-0.4, -0.2) is 25.1 Å². The highest BCUT2D eigenvalue weighted by atomic mass is 28.4. The molecule has 156 valence electrons. The van der Waals surface area contributed by atoms with Gasteiger partial charge in [-0.05, 0) is 42.6 Å². The molecule has 2 rings (SSSR count). The van der Waals surface area contributed by atoms with Crippen LogP contribution in [0.4, 0.5) is 0 Å². The third kappa shape index (κ3) is 5.68. The zero-order chi connectivity index (χ0) is 20.8. The molecule has 0 aliphatic heterocycles. The Kier molecular flexibility index (Phi) is 7.89. The first kappa shape index (κ1) is 23.1. The standard InChI is InChI=1S/C25H40O2Si/c1-7-8-9-10-11-15-19-25(26)20-18-22(27-28(5,6)24(2,3)4)23(25)21-16-13-12-14-17-21/h12-20,22-23,26H,7-11H2,1-6H3/b19-15+/t22-,23+,25+/m1/s1. The van der Waals surface area contributed by atoms with Gasteiger partial charge in [-0.15, -0.1) is 0 Å². The van der Waals surface area contributed by atoms with Crippen LogP contribution in [0.5, 0.6) is 0 Å². The SMILES string of the molecule is CCCCCC/C=C/[C@]1(O)C=C[C@@H](O[Si](C)(C)C(C)(C)C)[C@@H]1c1ccccc1. The average molecular weight is 401 g/mol. The number of allylic oxidation sites excluding steroid dienone is 1. The highest BCUT2D eigenvalue weighted by molar-refractivity contribution is 6.74. The van der Waals surface area contributed by atoms with Crippen LogP contribution in [-0.2, 0) is 4.43 Å². The van der Waals surface area contributed by atoms with Crippen LogP contribution in [0.1, 0.15) is 71.3 Å². The topological polar surface area (TPSA) is 29.5 Å². The van der Waals surface area contributed by atoms with Gasteiger partial charge in [-0.1, -0.05) is 95.5 Å². The average Bonchev–Trinajstić information content (AvgIpc) is 2.94. The largest absolute Gasteiger partial charge is 0.410 e. The molecule has 0 fully saturated rings. The molecular formula is C25H40O2Si. The van der Waals surface area contributed by atoms with Crippen molar-refractivity contribution in [1.29, 1.82) is 0 Å². The summed E-state index contributed by atoms with van der Waals surface area (Å²) in [5, 5.41) is 11.7. The Balaban J connectivity index is 2.22. The van der Waals surface area contributed by atoms with Crippen molar-refractivity contribution >= 4 is 8.32 Å². The van der Waals surface area contributed by atoms with Gasteiger partial charge in [0.2, 0.25) is 0 Å². The summed E-state index contributed by atoms with van der Waals surface area (Å²) in [5.41, 5.74) is 0.147. The molecule has 28 heavy (non-hydrogen) atoms. The number of unbranched alkanes of at least 4 members (excludes halogenated alkanes) is 4. The molecule has 0 saturated carbocycles. The van der Waals surface area contributed by atoms with Gasteiger partial charge < -0.3 is 9.53 Å². The van der Waals surface area contributed by atoms with E-state index >= 15 is 0 Å². The van der Waals surface area contributed by atoms with Crippen LogP contribution in [0.2, 0.25) is 18.1 Å². The first-order valence-electron chi connectivity index (χ1n) is 10.9. The van der Waals surface area contributed by atoms with Crippen molar-refractivity contribution < 1.29 is 9.53 Å². The quantitative estimate of drug-likeness (QED) is 0.275. The summed E-state index contributed by atoms with van der Waals surface area (Å²) in [4.78, 5) is 0. The zero-order valence-electron chi connectivity index (χ0n) is 18.7. The van der Waals surface area contributed by atoms with Gasteiger partial charge in [0.15, 0.2) is 8.32 Å². The maximum Gasteiger partial charge on any atom is 0.192 e. The zero-order valence-corrected chi connectivity index (χ0v) is 19.7. The van der Waals surface area contributed by atoms with Crippen molar-refractivity contribution in [2.45, 2.75) is 95.6 Å². The van der Waals surface area contributed by atoms with Crippen molar-refractivity contribution in [3.63, 3.8) is 0 Å². The predicted octanol–water partition coefficient (Wildman–Crippen LogP) is 6.99. The van der Waals surface area contributed by atoms with Crippen LogP contribution < -0.4 is 0 Å². The molecule has 1 N–H and O–H groups in total. The first-order chi connectivity index (χ1) is 13.1. The van der Waals surface area contributed by atoms with Crippen LogP contribution in [0.25, 0.3) is 0 Å². The van der Waals surface area contributed by atoms with Gasteiger partial charge in [0.1, 0.15) is 5.60 Å². The van der Waals surface area contributed by atoms with Gasteiger partial charge in [0.25, 0.3) is 0 Å². The smallest absolute Gasteiger partial charge is 0.192 e. The minimum absolute atomic E-state index is 0.0990. The third-order valence-electron chi connectivity index (χ3n) is 6.38. The molecular weight excluding hydrogens is 360 g/mol. The van der Waals surface area contributed by atoms with E-state index in [1.54, 1.807) is 0 Å². The van der Waals surface area contributed by atoms with Gasteiger partial charge in [-0.3, -0.25) is 0 Å². The fourth-order valence-corrected chi connectivity index (χ4v) is 4.84. The minimum Gasteiger partial charge on any atom is -0.410 e. The van der Waals surface area contributed by atoms with E-state index in [0.29, 0.717) is 0 Å². The Morgan fingerprint density at radius 3 is 2.39 bits per heavy atom. The minimum atomic E-state index is -1.95. The van der Waals surface area contributed by atoms with Gasteiger partial charge in [-0.2, -0.15) is 0 Å². The Bertz CT molecular complexity index is 657. The molecule has 0 bridgehead atoms. The second kappa shape index (κ2) is 9.56. The Morgan fingerprint density at radius 1 is 1.11 bits per heavy atom. The van der Waals surface area contributed by atoms with Crippen molar-refractivity contribution in [3.8, 4) is 0 Å². The van der Waals surface area contributed by atoms with Gasteiger partial charge >= 0.3 is 0 Å². The molecule has 1 aliphatic carbocycles. The lowest BCUT2D eigenvalue weighted by molar-refractivity contribution is 0.0733. The second-order valence-electron chi connectivity index (χ2n) is 9.73. The summed E-state index contributed by atoms with van der Waals surface area (Å²) in [6.45, 7) is 13.6. The summed E-state index contributed by atoms with van der Waals surface area (Å²) in [6, 6.07) is 10.3. The maximum absolute atomic E-state index is 11.5. The van der Waals surface area contributed by atoms with E-state index in [-0.39, 0.29) is 17.1 Å². The molecule has 0 radical (unpaired) electrons. The number of aliphatic hydroxyl groups is 1. The van der Waals surface area contributed by atoms with Crippen molar-refractivity contribution in [2.75, 3.05) is 0 Å². The molecule has 0 amide bonds. The molecule has 0 unspecified atom stereocenters.